The molecule has 0 amide bonds. The maximum absolute atomic E-state index is 11.7. The smallest absolute Gasteiger partial charge is 0.352 e. The molecule has 2 rings (SSSR count). The number of aromatic nitrogens is 2. The molecule has 0 aromatic carbocycles. The van der Waals surface area contributed by atoms with Crippen molar-refractivity contribution in [2.45, 2.75) is 24.5 Å². The maximum atomic E-state index is 11.7. The molecule has 1 aromatic rings. The molecule has 4 atom stereocenters. The molecule has 20 heavy (non-hydrogen) atoms. The molecule has 0 bridgehead atoms. The van der Waals surface area contributed by atoms with Gasteiger partial charge in [0, 0.05) is 6.07 Å². The maximum Gasteiger partial charge on any atom is 0.352 e. The quantitative estimate of drug-likeness (QED) is 0.389. The van der Waals surface area contributed by atoms with Gasteiger partial charge in [-0.05, 0) is 0 Å². The molecular weight excluding hydrogens is 276 g/mol. The van der Waals surface area contributed by atoms with Crippen molar-refractivity contribution < 1.29 is 30.0 Å². The first-order chi connectivity index (χ1) is 9.36. The van der Waals surface area contributed by atoms with E-state index < -0.39 is 54.1 Å². The number of carboxylic acid groups (broad SMARTS) is 1. The summed E-state index contributed by atoms with van der Waals surface area (Å²) in [6.07, 6.45) is -5.75. The fourth-order valence-electron chi connectivity index (χ4n) is 1.95. The molecule has 1 fully saturated rings. The monoisotopic (exact) mass is 288 g/mol. The Morgan fingerprint density at radius 2 is 2.00 bits per heavy atom. The summed E-state index contributed by atoms with van der Waals surface area (Å²) in [6.45, 7) is -0.616. The van der Waals surface area contributed by atoms with Crippen LogP contribution in [0.4, 0.5) is 0 Å². The number of hydrogen-bond acceptors (Lipinski definition) is 7. The van der Waals surface area contributed by atoms with Crippen molar-refractivity contribution in [1.29, 1.82) is 0 Å². The minimum absolute atomic E-state index is 0.440. The highest BCUT2D eigenvalue weighted by molar-refractivity contribution is 5.84. The Morgan fingerprint density at radius 3 is 2.45 bits per heavy atom. The SMILES string of the molecule is O=C(O)c1cc(=O)n(C2OC(CO)C(O)C2O)c(=O)[nH]1. The fraction of sp³-hybridized carbons (Fsp3) is 0.500. The van der Waals surface area contributed by atoms with Gasteiger partial charge in [0.05, 0.1) is 6.61 Å². The van der Waals surface area contributed by atoms with Crippen LogP contribution in [0.2, 0.25) is 0 Å². The third kappa shape index (κ3) is 2.25. The molecule has 5 N–H and O–H groups in total. The highest BCUT2D eigenvalue weighted by Crippen LogP contribution is 2.27. The van der Waals surface area contributed by atoms with Crippen LogP contribution in [0.25, 0.3) is 0 Å². The number of nitrogens with zero attached hydrogens (tertiary/aromatic N) is 1. The van der Waals surface area contributed by atoms with Crippen molar-refractivity contribution in [1.82, 2.24) is 9.55 Å². The number of aromatic carboxylic acids is 1. The number of hydrogen-bond donors (Lipinski definition) is 5. The van der Waals surface area contributed by atoms with Gasteiger partial charge in [0.2, 0.25) is 0 Å². The van der Waals surface area contributed by atoms with Crippen LogP contribution in [-0.2, 0) is 4.74 Å². The second kappa shape index (κ2) is 5.17. The first-order valence-corrected chi connectivity index (χ1v) is 5.58. The normalized spacial score (nSPS) is 29.6. The summed E-state index contributed by atoms with van der Waals surface area (Å²) in [5.74, 6) is -1.49. The molecule has 10 nitrogen and oxygen atoms in total. The van der Waals surface area contributed by atoms with E-state index in [9.17, 15) is 24.6 Å². The van der Waals surface area contributed by atoms with Crippen LogP contribution in [0.1, 0.15) is 16.7 Å². The summed E-state index contributed by atoms with van der Waals surface area (Å²) < 4.78 is 5.47. The Balaban J connectivity index is 2.47. The molecular formula is C10H12N2O8. The van der Waals surface area contributed by atoms with E-state index in [0.717, 1.165) is 0 Å². The minimum Gasteiger partial charge on any atom is -0.477 e. The van der Waals surface area contributed by atoms with Gasteiger partial charge in [-0.1, -0.05) is 0 Å². The van der Waals surface area contributed by atoms with Gasteiger partial charge in [0.25, 0.3) is 5.56 Å². The van der Waals surface area contributed by atoms with Crippen LogP contribution >= 0.6 is 0 Å². The van der Waals surface area contributed by atoms with Crippen molar-refractivity contribution in [2.24, 2.45) is 0 Å². The second-order valence-corrected chi connectivity index (χ2v) is 4.23. The van der Waals surface area contributed by atoms with Crippen molar-refractivity contribution in [2.75, 3.05) is 6.61 Å². The average Bonchev–Trinajstić information content (AvgIpc) is 2.66. The van der Waals surface area contributed by atoms with E-state index in [0.29, 0.717) is 10.6 Å². The third-order valence-electron chi connectivity index (χ3n) is 2.97. The highest BCUT2D eigenvalue weighted by Gasteiger charge is 2.44. The Kier molecular flexibility index (Phi) is 3.72. The van der Waals surface area contributed by atoms with Crippen LogP contribution in [0.3, 0.4) is 0 Å². The Morgan fingerprint density at radius 1 is 1.35 bits per heavy atom. The van der Waals surface area contributed by atoms with Gasteiger partial charge in [-0.3, -0.25) is 4.79 Å². The largest absolute Gasteiger partial charge is 0.477 e. The van der Waals surface area contributed by atoms with Gasteiger partial charge in [0.15, 0.2) is 6.23 Å². The van der Waals surface area contributed by atoms with Crippen LogP contribution in [0.5, 0.6) is 0 Å². The molecule has 1 saturated heterocycles. The first kappa shape index (κ1) is 14.4. The number of rotatable bonds is 3. The van der Waals surface area contributed by atoms with Gasteiger partial charge in [-0.15, -0.1) is 0 Å². The van der Waals surface area contributed by atoms with E-state index in [1.807, 2.05) is 4.98 Å². The van der Waals surface area contributed by atoms with Crippen molar-refractivity contribution >= 4 is 5.97 Å². The predicted octanol–water partition coefficient (Wildman–Crippen LogP) is -3.15. The molecule has 1 aliphatic rings. The predicted molar refractivity (Wildman–Crippen MR) is 61.3 cm³/mol. The summed E-state index contributed by atoms with van der Waals surface area (Å²) in [6, 6.07) is 0.651. The Hall–Kier alpha value is -2.01. The lowest BCUT2D eigenvalue weighted by Gasteiger charge is -2.16. The summed E-state index contributed by atoms with van der Waals surface area (Å²) in [7, 11) is 0. The average molecular weight is 288 g/mol. The zero-order chi connectivity index (χ0) is 15.0. The van der Waals surface area contributed by atoms with Gasteiger partial charge in [0.1, 0.15) is 24.0 Å². The molecule has 2 heterocycles. The number of aliphatic hydroxyl groups excluding tert-OH is 3. The number of aromatic amines is 1. The summed E-state index contributed by atoms with van der Waals surface area (Å²) >= 11 is 0. The number of H-pyrrole nitrogens is 1. The van der Waals surface area contributed by atoms with Crippen molar-refractivity contribution in [3.63, 3.8) is 0 Å². The standard InChI is InChI=1S/C10H12N2O8/c13-2-4-6(15)7(16)8(20-4)12-5(14)1-3(9(17)18)11-10(12)19/h1,4,6-8,13,15-16H,2H2,(H,11,19)(H,17,18). The molecule has 0 saturated carbocycles. The first-order valence-electron chi connectivity index (χ1n) is 5.58. The van der Waals surface area contributed by atoms with E-state index in [1.54, 1.807) is 0 Å². The number of carboxylic acids is 1. The molecule has 1 aromatic heterocycles. The minimum atomic E-state index is -1.61. The van der Waals surface area contributed by atoms with E-state index in [1.165, 1.54) is 0 Å². The number of carbonyl (C=O) groups is 1. The van der Waals surface area contributed by atoms with Crippen LogP contribution in [0.15, 0.2) is 15.7 Å². The van der Waals surface area contributed by atoms with Gasteiger partial charge in [-0.2, -0.15) is 0 Å². The number of aliphatic hydroxyl groups is 3. The van der Waals surface area contributed by atoms with Gasteiger partial charge >= 0.3 is 11.7 Å². The Bertz CT molecular complexity index is 604. The van der Waals surface area contributed by atoms with Crippen LogP contribution in [0, 0.1) is 0 Å². The molecule has 1 aliphatic heterocycles. The molecule has 0 radical (unpaired) electrons. The zero-order valence-corrected chi connectivity index (χ0v) is 9.96. The molecule has 10 heteroatoms. The van der Waals surface area contributed by atoms with Crippen LogP contribution in [-0.4, -0.2) is 60.9 Å². The third-order valence-corrected chi connectivity index (χ3v) is 2.97. The number of nitrogens with one attached hydrogen (secondary N) is 1. The molecule has 110 valence electrons. The van der Waals surface area contributed by atoms with Gasteiger partial charge in [-0.25, -0.2) is 14.2 Å². The molecule has 0 spiro atoms. The summed E-state index contributed by atoms with van der Waals surface area (Å²) in [4.78, 5) is 36.1. The van der Waals surface area contributed by atoms with E-state index >= 15 is 0 Å². The Labute approximate surface area is 110 Å². The second-order valence-electron chi connectivity index (χ2n) is 4.23. The van der Waals surface area contributed by atoms with E-state index in [2.05, 4.69) is 0 Å². The lowest BCUT2D eigenvalue weighted by molar-refractivity contribution is -0.0565. The van der Waals surface area contributed by atoms with E-state index in [-0.39, 0.29) is 0 Å². The molecule has 4 unspecified atom stereocenters. The van der Waals surface area contributed by atoms with E-state index in [4.69, 9.17) is 14.9 Å². The highest BCUT2D eigenvalue weighted by atomic mass is 16.6. The van der Waals surface area contributed by atoms with Gasteiger partial charge < -0.3 is 30.1 Å². The van der Waals surface area contributed by atoms with Crippen LogP contribution < -0.4 is 11.2 Å². The lowest BCUT2D eigenvalue weighted by atomic mass is 10.1. The zero-order valence-electron chi connectivity index (χ0n) is 9.96. The molecule has 0 aliphatic carbocycles. The fourth-order valence-corrected chi connectivity index (χ4v) is 1.95. The van der Waals surface area contributed by atoms with Crippen molar-refractivity contribution in [3.05, 3.63) is 32.6 Å². The van der Waals surface area contributed by atoms with Crippen molar-refractivity contribution in [3.8, 4) is 0 Å². The lowest BCUT2D eigenvalue weighted by Crippen LogP contribution is -2.43. The number of ether oxygens (including phenoxy) is 1. The summed E-state index contributed by atoms with van der Waals surface area (Å²) in [5.41, 5.74) is -2.73. The summed E-state index contributed by atoms with van der Waals surface area (Å²) in [5, 5.41) is 36.9. The topological polar surface area (TPSA) is 162 Å².